The van der Waals surface area contributed by atoms with E-state index >= 15 is 0 Å². The van der Waals surface area contributed by atoms with Gasteiger partial charge >= 0.3 is 11.9 Å². The van der Waals surface area contributed by atoms with E-state index in [1.807, 2.05) is 36.5 Å². The predicted octanol–water partition coefficient (Wildman–Crippen LogP) is 7.26. The number of aromatic nitrogens is 2. The van der Waals surface area contributed by atoms with Crippen LogP contribution in [0.5, 0.6) is 0 Å². The van der Waals surface area contributed by atoms with Gasteiger partial charge in [-0.05, 0) is 105 Å². The van der Waals surface area contributed by atoms with Gasteiger partial charge in [0.05, 0.1) is 17.2 Å². The fourth-order valence-electron chi connectivity index (χ4n) is 4.50. The smallest absolute Gasteiger partial charge is 0.345 e. The Hall–Kier alpha value is -2.58. The average molecular weight is 627 g/mol. The van der Waals surface area contributed by atoms with E-state index in [9.17, 15) is 9.59 Å². The molecule has 2 saturated carbocycles. The minimum absolute atomic E-state index is 0.318. The molecule has 0 bridgehead atoms. The number of nitrogens with one attached hydrogen (secondary N) is 1. The van der Waals surface area contributed by atoms with Crippen LogP contribution < -0.4 is 5.32 Å². The predicted molar refractivity (Wildman–Crippen MR) is 149 cm³/mol. The van der Waals surface area contributed by atoms with Gasteiger partial charge < -0.3 is 10.1 Å². The van der Waals surface area contributed by atoms with Crippen molar-refractivity contribution in [2.24, 2.45) is 11.8 Å². The summed E-state index contributed by atoms with van der Waals surface area (Å²) in [5, 5.41) is 3.49. The largest absolute Gasteiger partial charge is 0.389 e. The quantitative estimate of drug-likeness (QED) is 0.178. The highest BCUT2D eigenvalue weighted by Gasteiger charge is 2.33. The van der Waals surface area contributed by atoms with Crippen LogP contribution in [0.25, 0.3) is 0 Å². The Morgan fingerprint density at radius 1 is 0.838 bits per heavy atom. The molecule has 2 fully saturated rings. The van der Waals surface area contributed by atoms with E-state index in [2.05, 4.69) is 53.2 Å². The van der Waals surface area contributed by atoms with Crippen LogP contribution in [-0.4, -0.2) is 28.5 Å². The zero-order valence-corrected chi connectivity index (χ0v) is 23.6. The first-order valence-electron chi connectivity index (χ1n) is 12.8. The van der Waals surface area contributed by atoms with Gasteiger partial charge in [0.1, 0.15) is 0 Å². The Morgan fingerprint density at radius 3 is 2.00 bits per heavy atom. The zero-order valence-electron chi connectivity index (χ0n) is 20.4. The summed E-state index contributed by atoms with van der Waals surface area (Å²) in [6.07, 6.45) is 10.1. The Balaban J connectivity index is 1.19. The molecule has 1 N–H and O–H groups in total. The van der Waals surface area contributed by atoms with E-state index in [1.54, 1.807) is 18.3 Å². The first-order valence-corrected chi connectivity index (χ1v) is 14.4. The number of rotatable bonds is 11. The summed E-state index contributed by atoms with van der Waals surface area (Å²) in [6, 6.07) is 14.9. The van der Waals surface area contributed by atoms with Crippen molar-refractivity contribution in [3.8, 4) is 0 Å². The number of ether oxygens (including phenoxy) is 1. The van der Waals surface area contributed by atoms with Crippen molar-refractivity contribution in [1.82, 2.24) is 9.97 Å². The van der Waals surface area contributed by atoms with Crippen LogP contribution in [0.3, 0.4) is 0 Å². The van der Waals surface area contributed by atoms with Gasteiger partial charge in [-0.25, -0.2) is 4.79 Å². The molecule has 0 saturated heterocycles. The number of esters is 2. The summed E-state index contributed by atoms with van der Waals surface area (Å²) < 4.78 is 7.12. The van der Waals surface area contributed by atoms with Crippen molar-refractivity contribution in [3.63, 3.8) is 0 Å². The molecule has 5 rings (SSSR count). The van der Waals surface area contributed by atoms with Crippen LogP contribution in [0.1, 0.15) is 72.1 Å². The highest BCUT2D eigenvalue weighted by Crippen LogP contribution is 2.39. The lowest BCUT2D eigenvalue weighted by Gasteiger charge is -2.18. The lowest BCUT2D eigenvalue weighted by molar-refractivity contribution is -0.140. The number of hydrogen-bond acceptors (Lipinski definition) is 6. The second kappa shape index (κ2) is 11.9. The normalized spacial score (nSPS) is 16.6. The second-order valence-electron chi connectivity index (χ2n) is 10.1. The number of benzene rings is 1. The van der Waals surface area contributed by atoms with Gasteiger partial charge in [0, 0.05) is 45.2 Å². The fraction of sp³-hybridized carbons (Fsp3) is 0.379. The number of hydrogen-bond donors (Lipinski definition) is 1. The van der Waals surface area contributed by atoms with Crippen LogP contribution in [0, 0.1) is 11.8 Å². The molecule has 0 radical (unpaired) electrons. The number of nitrogens with zero attached hydrogens (tertiary/aromatic N) is 2. The molecule has 2 aromatic heterocycles. The molecule has 2 aliphatic carbocycles. The van der Waals surface area contributed by atoms with E-state index in [0.29, 0.717) is 29.5 Å². The molecule has 37 heavy (non-hydrogen) atoms. The van der Waals surface area contributed by atoms with Crippen molar-refractivity contribution in [1.29, 1.82) is 0 Å². The van der Waals surface area contributed by atoms with Crippen molar-refractivity contribution in [3.05, 3.63) is 86.8 Å². The number of pyridine rings is 2. The van der Waals surface area contributed by atoms with Crippen molar-refractivity contribution < 1.29 is 14.3 Å². The van der Waals surface area contributed by atoms with Gasteiger partial charge in [-0.15, -0.1) is 0 Å². The summed E-state index contributed by atoms with van der Waals surface area (Å²) >= 11 is 6.84. The summed E-state index contributed by atoms with van der Waals surface area (Å²) in [7, 11) is 0. The fourth-order valence-corrected chi connectivity index (χ4v) is 4.97. The molecule has 3 aromatic rings. The topological polar surface area (TPSA) is 81.2 Å². The van der Waals surface area contributed by atoms with Crippen molar-refractivity contribution in [2.75, 3.05) is 11.9 Å². The number of anilines is 1. The number of halogens is 2. The molecule has 2 heterocycles. The molecule has 2 aliphatic rings. The molecule has 1 aromatic carbocycles. The van der Waals surface area contributed by atoms with Crippen LogP contribution in [0.15, 0.2) is 69.9 Å². The molecule has 2 unspecified atom stereocenters. The van der Waals surface area contributed by atoms with Crippen LogP contribution in [0.4, 0.5) is 5.69 Å². The van der Waals surface area contributed by atoms with E-state index in [4.69, 9.17) is 4.74 Å². The number of carbonyl (C=O) groups excluding carboxylic acids is 2. The van der Waals surface area contributed by atoms with Crippen LogP contribution in [0.2, 0.25) is 0 Å². The zero-order chi connectivity index (χ0) is 25.8. The van der Waals surface area contributed by atoms with E-state index in [0.717, 1.165) is 52.1 Å². The molecule has 6 nitrogen and oxygen atoms in total. The van der Waals surface area contributed by atoms with E-state index in [1.165, 1.54) is 12.8 Å². The summed E-state index contributed by atoms with van der Waals surface area (Å²) in [5.74, 6) is -0.137. The lowest BCUT2D eigenvalue weighted by Crippen LogP contribution is -2.21. The van der Waals surface area contributed by atoms with Gasteiger partial charge in [0.25, 0.3) is 0 Å². The van der Waals surface area contributed by atoms with Gasteiger partial charge in [-0.3, -0.25) is 14.8 Å². The van der Waals surface area contributed by atoms with E-state index in [-0.39, 0.29) is 0 Å². The van der Waals surface area contributed by atoms with Crippen LogP contribution in [-0.2, 0) is 9.53 Å². The second-order valence-corrected chi connectivity index (χ2v) is 11.9. The minimum Gasteiger partial charge on any atom is -0.389 e. The van der Waals surface area contributed by atoms with Crippen molar-refractivity contribution in [2.45, 2.75) is 50.4 Å². The first-order chi connectivity index (χ1) is 17.9. The third kappa shape index (κ3) is 7.48. The first kappa shape index (κ1) is 26.0. The minimum atomic E-state index is -0.639. The molecule has 2 atom stereocenters. The van der Waals surface area contributed by atoms with Gasteiger partial charge in [-0.2, -0.15) is 0 Å². The SMILES string of the molecule is O=C(OC(=O)C(CC1CC1)c1ccc(Br)cn1)c1ccc(NCC(CC2CC2)c2ccc(Br)cn2)cc1. The standard InChI is InChI=1S/C29H29Br2N3O3/c30-22-7-11-26(33-16-22)21(13-18-1-2-18)15-32-24-9-5-20(6-10-24)28(35)37-29(36)25(14-19-3-4-19)27-12-8-23(31)17-34-27/h5-12,16-19,21,25,32H,1-4,13-15H2. The molecule has 0 spiro atoms. The molecule has 192 valence electrons. The molecule has 0 amide bonds. The summed E-state index contributed by atoms with van der Waals surface area (Å²) in [6.45, 7) is 0.760. The number of carbonyl (C=O) groups is 2. The maximum Gasteiger partial charge on any atom is 0.345 e. The van der Waals surface area contributed by atoms with Crippen LogP contribution >= 0.6 is 31.9 Å². The third-order valence-corrected chi connectivity index (χ3v) is 7.95. The van der Waals surface area contributed by atoms with Gasteiger partial charge in [-0.1, -0.05) is 25.7 Å². The third-order valence-electron chi connectivity index (χ3n) is 7.01. The molecule has 8 heteroatoms. The molecule has 0 aliphatic heterocycles. The monoisotopic (exact) mass is 625 g/mol. The van der Waals surface area contributed by atoms with Gasteiger partial charge in [0.15, 0.2) is 0 Å². The molecular weight excluding hydrogens is 598 g/mol. The average Bonchev–Trinajstić information content (AvgIpc) is 3.83. The maximum absolute atomic E-state index is 13.0. The summed E-state index contributed by atoms with van der Waals surface area (Å²) in [5.41, 5.74) is 2.97. The Labute approximate surface area is 233 Å². The maximum atomic E-state index is 13.0. The highest BCUT2D eigenvalue weighted by atomic mass is 79.9. The Morgan fingerprint density at radius 2 is 1.43 bits per heavy atom. The Kier molecular flexibility index (Phi) is 8.35. The summed E-state index contributed by atoms with van der Waals surface area (Å²) in [4.78, 5) is 34.7. The highest BCUT2D eigenvalue weighted by molar-refractivity contribution is 9.10. The Bertz CT molecular complexity index is 1220. The van der Waals surface area contributed by atoms with Gasteiger partial charge in [0.2, 0.25) is 0 Å². The molecular formula is C29H29Br2N3O3. The lowest BCUT2D eigenvalue weighted by atomic mass is 9.97. The van der Waals surface area contributed by atoms with E-state index < -0.39 is 17.9 Å². The van der Waals surface area contributed by atoms with Crippen molar-refractivity contribution >= 4 is 49.5 Å².